The Hall–Kier alpha value is 0.880. The van der Waals surface area contributed by atoms with Crippen LogP contribution in [0.5, 0.6) is 0 Å². The maximum atomic E-state index is 5.88. The van der Waals surface area contributed by atoms with Crippen LogP contribution in [0.3, 0.4) is 0 Å². The van der Waals surface area contributed by atoms with Crippen LogP contribution in [-0.2, 0) is 20.9 Å². The predicted octanol–water partition coefficient (Wildman–Crippen LogP) is 2.97. The quantitative estimate of drug-likeness (QED) is 0.446. The molecule has 1 N–H and O–H groups in total. The number of hydrogen-bond donors (Lipinski definition) is 2. The second-order valence-electron chi connectivity index (χ2n) is 4.31. The maximum absolute atomic E-state index is 5.88. The molecule has 0 amide bonds. The summed E-state index contributed by atoms with van der Waals surface area (Å²) in [4.78, 5) is 0. The monoisotopic (exact) mass is 283 g/mol. The van der Waals surface area contributed by atoms with Crippen LogP contribution in [-0.4, -0.2) is 26.3 Å². The Labute approximate surface area is 109 Å². The van der Waals surface area contributed by atoms with Crippen molar-refractivity contribution in [2.24, 2.45) is 5.92 Å². The lowest BCUT2D eigenvalue weighted by Crippen LogP contribution is -2.24. The van der Waals surface area contributed by atoms with Gasteiger partial charge in [0.05, 0.1) is 12.7 Å². The molecular formula is C10H22NO2PS2. The van der Waals surface area contributed by atoms with Crippen LogP contribution in [0.25, 0.3) is 0 Å². The normalized spacial score (nSPS) is 29.9. The highest BCUT2D eigenvalue weighted by Gasteiger charge is 2.27. The van der Waals surface area contributed by atoms with Crippen molar-refractivity contribution < 1.29 is 9.05 Å². The van der Waals surface area contributed by atoms with Crippen molar-refractivity contribution in [2.45, 2.75) is 38.7 Å². The van der Waals surface area contributed by atoms with Crippen molar-refractivity contribution in [1.82, 2.24) is 5.32 Å². The number of likely N-dealkylation sites (N-methyl/N-ethyl adjacent to an activating group) is 1. The molecule has 3 atom stereocenters. The number of nitrogens with one attached hydrogen (secondary N) is 1. The van der Waals surface area contributed by atoms with E-state index in [1.54, 1.807) is 0 Å². The fourth-order valence-corrected chi connectivity index (χ4v) is 4.11. The first kappa shape index (κ1) is 14.9. The van der Waals surface area contributed by atoms with E-state index in [0.29, 0.717) is 12.5 Å². The summed E-state index contributed by atoms with van der Waals surface area (Å²) in [6, 6.07) is 0. The molecule has 0 bridgehead atoms. The standard InChI is InChI=1S/C10H22NO2PS2/c1-9-5-3-4-6-10(9)13-14(15,16)12-8-7-11-2/h9-11H,3-8H2,1-2H3,(H,15,16). The molecule has 3 nitrogen and oxygen atoms in total. The highest BCUT2D eigenvalue weighted by molar-refractivity contribution is 8.60. The fourth-order valence-electron chi connectivity index (χ4n) is 1.90. The molecule has 0 saturated heterocycles. The van der Waals surface area contributed by atoms with E-state index >= 15 is 0 Å². The average Bonchev–Trinajstić information content (AvgIpc) is 2.21. The van der Waals surface area contributed by atoms with E-state index in [4.69, 9.17) is 20.9 Å². The van der Waals surface area contributed by atoms with Crippen molar-refractivity contribution in [2.75, 3.05) is 20.2 Å². The molecule has 1 saturated carbocycles. The summed E-state index contributed by atoms with van der Waals surface area (Å²) in [5, 5.41) is 3.01. The molecule has 0 heterocycles. The average molecular weight is 283 g/mol. The van der Waals surface area contributed by atoms with E-state index < -0.39 is 5.69 Å². The summed E-state index contributed by atoms with van der Waals surface area (Å²) in [6.07, 6.45) is 5.09. The predicted molar refractivity (Wildman–Crippen MR) is 75.7 cm³/mol. The highest BCUT2D eigenvalue weighted by Crippen LogP contribution is 2.56. The summed E-state index contributed by atoms with van der Waals surface area (Å²) in [5.41, 5.74) is -2.34. The zero-order valence-electron chi connectivity index (χ0n) is 10.0. The fraction of sp³-hybridized carbons (Fsp3) is 1.00. The van der Waals surface area contributed by atoms with E-state index in [9.17, 15) is 0 Å². The SMILES string of the molecule is CNCCOP(=S)(S)OC1CCCCC1C. The smallest absolute Gasteiger partial charge is 0.244 e. The number of thiol groups is 1. The molecule has 96 valence electrons. The lowest BCUT2D eigenvalue weighted by atomic mass is 9.88. The maximum Gasteiger partial charge on any atom is 0.244 e. The van der Waals surface area contributed by atoms with Gasteiger partial charge in [0.1, 0.15) is 0 Å². The molecular weight excluding hydrogens is 261 g/mol. The van der Waals surface area contributed by atoms with Gasteiger partial charge < -0.3 is 14.4 Å². The second kappa shape index (κ2) is 7.34. The largest absolute Gasteiger partial charge is 0.320 e. The summed E-state index contributed by atoms with van der Waals surface area (Å²) in [5.74, 6) is 0.580. The van der Waals surface area contributed by atoms with Crippen LogP contribution in [0.15, 0.2) is 0 Å². The Morgan fingerprint density at radius 1 is 1.44 bits per heavy atom. The van der Waals surface area contributed by atoms with E-state index in [2.05, 4.69) is 24.5 Å². The van der Waals surface area contributed by atoms with Crippen LogP contribution >= 0.6 is 17.9 Å². The number of hydrogen-bond acceptors (Lipinski definition) is 4. The van der Waals surface area contributed by atoms with Crippen LogP contribution < -0.4 is 5.32 Å². The number of rotatable bonds is 6. The van der Waals surface area contributed by atoms with Gasteiger partial charge >= 0.3 is 0 Å². The Kier molecular flexibility index (Phi) is 6.86. The first-order chi connectivity index (χ1) is 7.55. The Balaban J connectivity index is 2.35. The van der Waals surface area contributed by atoms with Crippen LogP contribution in [0.4, 0.5) is 0 Å². The zero-order valence-corrected chi connectivity index (χ0v) is 12.6. The van der Waals surface area contributed by atoms with Gasteiger partial charge in [-0.1, -0.05) is 32.0 Å². The summed E-state index contributed by atoms with van der Waals surface area (Å²) < 4.78 is 11.4. The van der Waals surface area contributed by atoms with Gasteiger partial charge in [-0.25, -0.2) is 0 Å². The minimum Gasteiger partial charge on any atom is -0.320 e. The Bertz CT molecular complexity index is 253. The lowest BCUT2D eigenvalue weighted by Gasteiger charge is -2.31. The minimum absolute atomic E-state index is 0.242. The van der Waals surface area contributed by atoms with E-state index in [1.807, 2.05) is 7.05 Å². The highest BCUT2D eigenvalue weighted by atomic mass is 32.9. The molecule has 0 aliphatic heterocycles. The molecule has 1 aliphatic rings. The van der Waals surface area contributed by atoms with Gasteiger partial charge in [0.25, 0.3) is 0 Å². The molecule has 1 aliphatic carbocycles. The van der Waals surface area contributed by atoms with Crippen molar-refractivity contribution in [1.29, 1.82) is 0 Å². The molecule has 6 heteroatoms. The third-order valence-corrected chi connectivity index (χ3v) is 5.16. The Morgan fingerprint density at radius 2 is 2.12 bits per heavy atom. The Morgan fingerprint density at radius 3 is 2.75 bits per heavy atom. The zero-order chi connectivity index (χ0) is 12.0. The second-order valence-corrected chi connectivity index (χ2v) is 9.55. The van der Waals surface area contributed by atoms with Gasteiger partial charge in [-0.15, -0.1) is 0 Å². The van der Waals surface area contributed by atoms with Crippen LogP contribution in [0.1, 0.15) is 32.6 Å². The minimum atomic E-state index is -2.34. The van der Waals surface area contributed by atoms with Gasteiger partial charge in [-0.05, 0) is 37.6 Å². The van der Waals surface area contributed by atoms with Gasteiger partial charge in [0.2, 0.25) is 5.69 Å². The van der Waals surface area contributed by atoms with Crippen molar-refractivity contribution in [3.63, 3.8) is 0 Å². The summed E-state index contributed by atoms with van der Waals surface area (Å²) in [7, 11) is 1.88. The lowest BCUT2D eigenvalue weighted by molar-refractivity contribution is 0.0998. The summed E-state index contributed by atoms with van der Waals surface area (Å²) in [6.45, 7) is 3.57. The van der Waals surface area contributed by atoms with E-state index in [0.717, 1.165) is 13.0 Å². The molecule has 0 aromatic heterocycles. The van der Waals surface area contributed by atoms with E-state index in [-0.39, 0.29) is 6.10 Å². The van der Waals surface area contributed by atoms with Crippen molar-refractivity contribution in [3.8, 4) is 0 Å². The molecule has 0 radical (unpaired) electrons. The van der Waals surface area contributed by atoms with Gasteiger partial charge in [-0.3, -0.25) is 0 Å². The third-order valence-electron chi connectivity index (χ3n) is 2.91. The molecule has 16 heavy (non-hydrogen) atoms. The molecule has 3 unspecified atom stereocenters. The van der Waals surface area contributed by atoms with Gasteiger partial charge in [0.15, 0.2) is 0 Å². The molecule has 0 aromatic rings. The van der Waals surface area contributed by atoms with Gasteiger partial charge in [0, 0.05) is 6.54 Å². The van der Waals surface area contributed by atoms with Crippen molar-refractivity contribution in [3.05, 3.63) is 0 Å². The third kappa shape index (κ3) is 5.48. The van der Waals surface area contributed by atoms with Gasteiger partial charge in [-0.2, -0.15) is 0 Å². The summed E-state index contributed by atoms with van der Waals surface area (Å²) >= 11 is 9.66. The molecule has 0 spiro atoms. The van der Waals surface area contributed by atoms with E-state index in [1.165, 1.54) is 19.3 Å². The van der Waals surface area contributed by atoms with Crippen molar-refractivity contribution >= 4 is 29.7 Å². The van der Waals surface area contributed by atoms with Crippen LogP contribution in [0, 0.1) is 5.92 Å². The topological polar surface area (TPSA) is 30.5 Å². The molecule has 1 fully saturated rings. The first-order valence-corrected chi connectivity index (χ1v) is 9.64. The first-order valence-electron chi connectivity index (χ1n) is 5.85. The molecule has 1 rings (SSSR count). The van der Waals surface area contributed by atoms with Crippen LogP contribution in [0.2, 0.25) is 0 Å². The molecule has 0 aromatic carbocycles.